The summed E-state index contributed by atoms with van der Waals surface area (Å²) in [6.45, 7) is 8.53. The van der Waals surface area contributed by atoms with E-state index in [0.29, 0.717) is 0 Å². The highest BCUT2D eigenvalue weighted by Gasteiger charge is 2.05. The minimum Gasteiger partial charge on any atom is -0.357 e. The van der Waals surface area contributed by atoms with Crippen molar-refractivity contribution in [2.75, 3.05) is 18.0 Å². The first-order valence-corrected chi connectivity index (χ1v) is 5.85. The van der Waals surface area contributed by atoms with Crippen LogP contribution in [-0.4, -0.2) is 18.1 Å². The van der Waals surface area contributed by atoms with Gasteiger partial charge in [0.2, 0.25) is 0 Å². The first kappa shape index (κ1) is 11.5. The van der Waals surface area contributed by atoms with Gasteiger partial charge in [-0.25, -0.2) is 4.98 Å². The van der Waals surface area contributed by atoms with E-state index in [2.05, 4.69) is 52.7 Å². The summed E-state index contributed by atoms with van der Waals surface area (Å²) in [6, 6.07) is 2.13. The van der Waals surface area contributed by atoms with E-state index in [1.165, 1.54) is 5.56 Å². The molecule has 2 nitrogen and oxygen atoms in total. The Morgan fingerprint density at radius 1 is 1.43 bits per heavy atom. The SMILES string of the molecule is CCCN(CC)c1cc(C)c(Br)cn1. The van der Waals surface area contributed by atoms with Crippen molar-refractivity contribution in [2.24, 2.45) is 0 Å². The minimum absolute atomic E-state index is 1.02. The Morgan fingerprint density at radius 2 is 2.14 bits per heavy atom. The van der Waals surface area contributed by atoms with Crippen molar-refractivity contribution < 1.29 is 0 Å². The lowest BCUT2D eigenvalue weighted by Gasteiger charge is -2.21. The summed E-state index contributed by atoms with van der Waals surface area (Å²) in [4.78, 5) is 6.70. The molecule has 0 saturated heterocycles. The summed E-state index contributed by atoms with van der Waals surface area (Å²) < 4.78 is 1.08. The fourth-order valence-electron chi connectivity index (χ4n) is 1.40. The highest BCUT2D eigenvalue weighted by Crippen LogP contribution is 2.19. The number of nitrogens with zero attached hydrogens (tertiary/aromatic N) is 2. The molecule has 0 aliphatic heterocycles. The summed E-state index contributed by atoms with van der Waals surface area (Å²) in [5.41, 5.74) is 1.24. The van der Waals surface area contributed by atoms with Gasteiger partial charge in [-0.1, -0.05) is 6.92 Å². The molecule has 0 unspecified atom stereocenters. The maximum atomic E-state index is 4.41. The Kier molecular flexibility index (Phi) is 4.39. The largest absolute Gasteiger partial charge is 0.357 e. The van der Waals surface area contributed by atoms with Crippen molar-refractivity contribution in [1.29, 1.82) is 0 Å². The summed E-state index contributed by atoms with van der Waals surface area (Å²) in [7, 11) is 0. The smallest absolute Gasteiger partial charge is 0.128 e. The predicted molar refractivity (Wildman–Crippen MR) is 64.9 cm³/mol. The molecule has 0 fully saturated rings. The van der Waals surface area contributed by atoms with Gasteiger partial charge in [-0.05, 0) is 47.8 Å². The van der Waals surface area contributed by atoms with Crippen molar-refractivity contribution >= 4 is 21.7 Å². The van der Waals surface area contributed by atoms with Crippen molar-refractivity contribution in [3.8, 4) is 0 Å². The second-order valence-electron chi connectivity index (χ2n) is 3.37. The highest BCUT2D eigenvalue weighted by atomic mass is 79.9. The fraction of sp³-hybridized carbons (Fsp3) is 0.545. The van der Waals surface area contributed by atoms with Crippen LogP contribution in [0.2, 0.25) is 0 Å². The van der Waals surface area contributed by atoms with Gasteiger partial charge < -0.3 is 4.90 Å². The minimum atomic E-state index is 1.02. The molecular weight excluding hydrogens is 240 g/mol. The van der Waals surface area contributed by atoms with Gasteiger partial charge in [-0.2, -0.15) is 0 Å². The molecule has 0 saturated carbocycles. The first-order valence-electron chi connectivity index (χ1n) is 5.06. The van der Waals surface area contributed by atoms with E-state index in [0.717, 1.165) is 29.8 Å². The molecule has 14 heavy (non-hydrogen) atoms. The third-order valence-electron chi connectivity index (χ3n) is 2.23. The van der Waals surface area contributed by atoms with E-state index in [9.17, 15) is 0 Å². The standard InChI is InChI=1S/C11H17BrN2/c1-4-6-14(5-2)11-7-9(3)10(12)8-13-11/h7-8H,4-6H2,1-3H3. The molecule has 1 aromatic heterocycles. The lowest BCUT2D eigenvalue weighted by Crippen LogP contribution is -2.24. The third kappa shape index (κ3) is 2.71. The first-order chi connectivity index (χ1) is 6.69. The molecular formula is C11H17BrN2. The average Bonchev–Trinajstić information content (AvgIpc) is 2.19. The third-order valence-corrected chi connectivity index (χ3v) is 3.06. The highest BCUT2D eigenvalue weighted by molar-refractivity contribution is 9.10. The molecule has 0 radical (unpaired) electrons. The molecule has 0 spiro atoms. The molecule has 0 atom stereocenters. The van der Waals surface area contributed by atoms with Gasteiger partial charge >= 0.3 is 0 Å². The van der Waals surface area contributed by atoms with Gasteiger partial charge in [0, 0.05) is 23.8 Å². The molecule has 0 aliphatic rings. The van der Waals surface area contributed by atoms with E-state index in [1.807, 2.05) is 6.20 Å². The van der Waals surface area contributed by atoms with E-state index in [-0.39, 0.29) is 0 Å². The number of aryl methyl sites for hydroxylation is 1. The molecule has 3 heteroatoms. The van der Waals surface area contributed by atoms with Crippen LogP contribution in [0.1, 0.15) is 25.8 Å². The zero-order valence-electron chi connectivity index (χ0n) is 9.05. The van der Waals surface area contributed by atoms with Gasteiger partial charge in [-0.3, -0.25) is 0 Å². The Bertz CT molecular complexity index is 299. The Labute approximate surface area is 94.5 Å². The molecule has 0 N–H and O–H groups in total. The van der Waals surface area contributed by atoms with E-state index < -0.39 is 0 Å². The number of hydrogen-bond donors (Lipinski definition) is 0. The van der Waals surface area contributed by atoms with Crippen LogP contribution in [0.25, 0.3) is 0 Å². The van der Waals surface area contributed by atoms with Crippen LogP contribution >= 0.6 is 15.9 Å². The second-order valence-corrected chi connectivity index (χ2v) is 4.23. The molecule has 78 valence electrons. The van der Waals surface area contributed by atoms with E-state index in [4.69, 9.17) is 0 Å². The number of pyridine rings is 1. The summed E-state index contributed by atoms with van der Waals surface area (Å²) in [5.74, 6) is 1.08. The number of rotatable bonds is 4. The van der Waals surface area contributed by atoms with Crippen LogP contribution in [0, 0.1) is 6.92 Å². The van der Waals surface area contributed by atoms with Crippen molar-refractivity contribution in [3.05, 3.63) is 22.3 Å². The van der Waals surface area contributed by atoms with Gasteiger partial charge in [0.05, 0.1) is 0 Å². The summed E-state index contributed by atoms with van der Waals surface area (Å²) >= 11 is 3.46. The maximum Gasteiger partial charge on any atom is 0.128 e. The molecule has 0 aliphatic carbocycles. The maximum absolute atomic E-state index is 4.41. The average molecular weight is 257 g/mol. The number of anilines is 1. The predicted octanol–water partition coefficient (Wildman–Crippen LogP) is 3.39. The van der Waals surface area contributed by atoms with Gasteiger partial charge in [0.15, 0.2) is 0 Å². The number of hydrogen-bond acceptors (Lipinski definition) is 2. The van der Waals surface area contributed by atoms with Crippen LogP contribution in [0.3, 0.4) is 0 Å². The Hall–Kier alpha value is -0.570. The van der Waals surface area contributed by atoms with Crippen LogP contribution in [0.4, 0.5) is 5.82 Å². The quantitative estimate of drug-likeness (QED) is 0.821. The van der Waals surface area contributed by atoms with E-state index in [1.54, 1.807) is 0 Å². The normalized spacial score (nSPS) is 10.3. The molecule has 1 heterocycles. The lowest BCUT2D eigenvalue weighted by molar-refractivity contribution is 0.777. The number of aromatic nitrogens is 1. The van der Waals surface area contributed by atoms with Crippen LogP contribution < -0.4 is 4.90 Å². The molecule has 0 bridgehead atoms. The number of halogens is 1. The molecule has 0 amide bonds. The van der Waals surface area contributed by atoms with Crippen LogP contribution in [-0.2, 0) is 0 Å². The monoisotopic (exact) mass is 256 g/mol. The van der Waals surface area contributed by atoms with E-state index >= 15 is 0 Å². The zero-order chi connectivity index (χ0) is 10.6. The molecule has 0 aromatic carbocycles. The van der Waals surface area contributed by atoms with Crippen molar-refractivity contribution in [2.45, 2.75) is 27.2 Å². The zero-order valence-corrected chi connectivity index (χ0v) is 10.6. The Balaban J connectivity index is 2.88. The summed E-state index contributed by atoms with van der Waals surface area (Å²) in [6.07, 6.45) is 3.04. The van der Waals surface area contributed by atoms with Gasteiger partial charge in [-0.15, -0.1) is 0 Å². The van der Waals surface area contributed by atoms with Crippen LogP contribution in [0.15, 0.2) is 16.7 Å². The molecule has 1 rings (SSSR count). The lowest BCUT2D eigenvalue weighted by atomic mass is 10.3. The fourth-order valence-corrected chi connectivity index (χ4v) is 1.62. The van der Waals surface area contributed by atoms with Gasteiger partial charge in [0.1, 0.15) is 5.82 Å². The topological polar surface area (TPSA) is 16.1 Å². The summed E-state index contributed by atoms with van der Waals surface area (Å²) in [5, 5.41) is 0. The van der Waals surface area contributed by atoms with Crippen molar-refractivity contribution in [1.82, 2.24) is 4.98 Å². The Morgan fingerprint density at radius 3 is 2.64 bits per heavy atom. The molecule has 1 aromatic rings. The second kappa shape index (κ2) is 5.35. The van der Waals surface area contributed by atoms with Crippen LogP contribution in [0.5, 0.6) is 0 Å². The van der Waals surface area contributed by atoms with Crippen molar-refractivity contribution in [3.63, 3.8) is 0 Å². The van der Waals surface area contributed by atoms with Gasteiger partial charge in [0.25, 0.3) is 0 Å².